The Bertz CT molecular complexity index is 1380. The summed E-state index contributed by atoms with van der Waals surface area (Å²) in [7, 11) is 1.75. The van der Waals surface area contributed by atoms with Gasteiger partial charge in [0.1, 0.15) is 6.04 Å². The van der Waals surface area contributed by atoms with Gasteiger partial charge < -0.3 is 9.88 Å². The molecule has 0 spiro atoms. The number of nitrogens with one attached hydrogen (secondary N) is 2. The number of hydrogen-bond acceptors (Lipinski definition) is 4. The van der Waals surface area contributed by atoms with Crippen molar-refractivity contribution in [1.29, 1.82) is 0 Å². The van der Waals surface area contributed by atoms with Crippen molar-refractivity contribution in [3.63, 3.8) is 0 Å². The molecular weight excluding hydrogens is 414 g/mol. The van der Waals surface area contributed by atoms with Gasteiger partial charge in [0.05, 0.1) is 5.52 Å². The van der Waals surface area contributed by atoms with Crippen LogP contribution in [0.15, 0.2) is 89.7 Å². The van der Waals surface area contributed by atoms with Crippen LogP contribution in [-0.4, -0.2) is 16.3 Å². The summed E-state index contributed by atoms with van der Waals surface area (Å²) in [5.41, 5.74) is 3.16. The van der Waals surface area contributed by atoms with Gasteiger partial charge >= 0.3 is 0 Å². The molecule has 1 unspecified atom stereocenters. The molecule has 1 atom stereocenters. The Morgan fingerprint density at radius 1 is 0.909 bits per heavy atom. The summed E-state index contributed by atoms with van der Waals surface area (Å²) >= 11 is 0. The van der Waals surface area contributed by atoms with E-state index in [1.54, 1.807) is 35.9 Å². The number of fused-ring (bicyclic) bond motifs is 1. The van der Waals surface area contributed by atoms with Crippen molar-refractivity contribution < 1.29 is 9.59 Å². The molecule has 1 aromatic heterocycles. The minimum absolute atomic E-state index is 0.0732. The fraction of sp³-hybridized carbons (Fsp3) is 0.148. The van der Waals surface area contributed by atoms with Crippen LogP contribution in [0, 0.1) is 0 Å². The topological polar surface area (TPSA) is 80.2 Å². The number of anilines is 1. The predicted octanol–water partition coefficient (Wildman–Crippen LogP) is 4.21. The number of rotatable bonds is 7. The Morgan fingerprint density at radius 2 is 1.64 bits per heavy atom. The van der Waals surface area contributed by atoms with Gasteiger partial charge in [0, 0.05) is 30.4 Å². The molecule has 3 aromatic carbocycles. The van der Waals surface area contributed by atoms with Crippen molar-refractivity contribution in [2.75, 3.05) is 5.32 Å². The van der Waals surface area contributed by atoms with E-state index in [2.05, 4.69) is 10.6 Å². The van der Waals surface area contributed by atoms with E-state index < -0.39 is 6.04 Å². The predicted molar refractivity (Wildman–Crippen MR) is 130 cm³/mol. The second-order valence-corrected chi connectivity index (χ2v) is 7.94. The van der Waals surface area contributed by atoms with Gasteiger partial charge in [-0.2, -0.15) is 0 Å². The van der Waals surface area contributed by atoms with E-state index in [4.69, 9.17) is 0 Å². The number of ketones is 1. The quantitative estimate of drug-likeness (QED) is 0.423. The molecule has 4 aromatic rings. The van der Waals surface area contributed by atoms with Crippen molar-refractivity contribution in [3.05, 3.63) is 112 Å². The van der Waals surface area contributed by atoms with Gasteiger partial charge in [-0.05, 0) is 42.1 Å². The van der Waals surface area contributed by atoms with Crippen LogP contribution in [0.1, 0.15) is 34.5 Å². The number of Topliss-reactive ketones (excluding diaryl/α,β-unsaturated/α-hetero) is 1. The molecule has 1 amide bonds. The first-order chi connectivity index (χ1) is 15.9. The standard InChI is InChI=1S/C27H25N3O3/c1-18(31)20-12-8-13-23(16-20)29-26(32)25(19-9-4-3-5-10-19)28-17-22-15-21-11-6-7-14-24(21)30(2)27(22)33/h3-16,25,28H,17H2,1-2H3,(H,29,32). The first-order valence-corrected chi connectivity index (χ1v) is 10.7. The second kappa shape index (κ2) is 9.63. The second-order valence-electron chi connectivity index (χ2n) is 7.94. The number of benzene rings is 3. The molecule has 6 heteroatoms. The molecule has 0 saturated carbocycles. The van der Waals surface area contributed by atoms with Gasteiger partial charge in [-0.15, -0.1) is 0 Å². The summed E-state index contributed by atoms with van der Waals surface area (Å²) in [6, 6.07) is 25.0. The average molecular weight is 440 g/mol. The van der Waals surface area contributed by atoms with Crippen LogP contribution in [0.3, 0.4) is 0 Å². The zero-order valence-electron chi connectivity index (χ0n) is 18.5. The zero-order valence-corrected chi connectivity index (χ0v) is 18.5. The first-order valence-electron chi connectivity index (χ1n) is 10.7. The van der Waals surface area contributed by atoms with Gasteiger partial charge in [-0.25, -0.2) is 0 Å². The minimum Gasteiger partial charge on any atom is -0.324 e. The van der Waals surface area contributed by atoms with Crippen LogP contribution in [0.25, 0.3) is 10.9 Å². The van der Waals surface area contributed by atoms with Gasteiger partial charge in [-0.1, -0.05) is 60.7 Å². The number of carbonyl (C=O) groups is 2. The fourth-order valence-corrected chi connectivity index (χ4v) is 3.87. The number of para-hydroxylation sites is 1. The fourth-order valence-electron chi connectivity index (χ4n) is 3.87. The number of nitrogens with zero attached hydrogens (tertiary/aromatic N) is 1. The largest absolute Gasteiger partial charge is 0.324 e. The lowest BCUT2D eigenvalue weighted by Gasteiger charge is -2.19. The van der Waals surface area contributed by atoms with E-state index in [-0.39, 0.29) is 23.8 Å². The van der Waals surface area contributed by atoms with Gasteiger partial charge in [-0.3, -0.25) is 19.7 Å². The maximum absolute atomic E-state index is 13.2. The van der Waals surface area contributed by atoms with Crippen molar-refractivity contribution >= 4 is 28.3 Å². The molecule has 1 heterocycles. The monoisotopic (exact) mass is 439 g/mol. The Kier molecular flexibility index (Phi) is 6.47. The highest BCUT2D eigenvalue weighted by Crippen LogP contribution is 2.19. The normalized spacial score (nSPS) is 11.8. The van der Waals surface area contributed by atoms with Crippen molar-refractivity contribution in [3.8, 4) is 0 Å². The Hall–Kier alpha value is -4.03. The highest BCUT2D eigenvalue weighted by atomic mass is 16.2. The van der Waals surface area contributed by atoms with Crippen LogP contribution >= 0.6 is 0 Å². The lowest BCUT2D eigenvalue weighted by molar-refractivity contribution is -0.118. The zero-order chi connectivity index (χ0) is 23.4. The summed E-state index contributed by atoms with van der Waals surface area (Å²) < 4.78 is 1.62. The maximum Gasteiger partial charge on any atom is 0.255 e. The number of hydrogen-bond donors (Lipinski definition) is 2. The van der Waals surface area contributed by atoms with Crippen molar-refractivity contribution in [2.45, 2.75) is 19.5 Å². The summed E-state index contributed by atoms with van der Waals surface area (Å²) in [4.78, 5) is 37.8. The average Bonchev–Trinajstić information content (AvgIpc) is 2.83. The third-order valence-electron chi connectivity index (χ3n) is 5.64. The van der Waals surface area contributed by atoms with Crippen LogP contribution in [0.2, 0.25) is 0 Å². The Labute approximate surface area is 191 Å². The lowest BCUT2D eigenvalue weighted by Crippen LogP contribution is -2.35. The van der Waals surface area contributed by atoms with E-state index in [1.807, 2.05) is 60.7 Å². The number of aryl methyl sites for hydroxylation is 1. The molecule has 33 heavy (non-hydrogen) atoms. The molecule has 166 valence electrons. The van der Waals surface area contributed by atoms with Gasteiger partial charge in [0.15, 0.2) is 5.78 Å². The molecule has 0 radical (unpaired) electrons. The van der Waals surface area contributed by atoms with E-state index in [0.29, 0.717) is 16.8 Å². The SMILES string of the molecule is CC(=O)c1cccc(NC(=O)C(NCc2cc3ccccc3n(C)c2=O)c2ccccc2)c1. The molecule has 0 saturated heterocycles. The molecule has 0 bridgehead atoms. The summed E-state index contributed by atoms with van der Waals surface area (Å²) in [5.74, 6) is -0.351. The molecule has 0 aliphatic heterocycles. The Morgan fingerprint density at radius 3 is 2.39 bits per heavy atom. The van der Waals surface area contributed by atoms with Crippen LogP contribution < -0.4 is 16.2 Å². The van der Waals surface area contributed by atoms with Crippen LogP contribution in [0.4, 0.5) is 5.69 Å². The minimum atomic E-state index is -0.691. The van der Waals surface area contributed by atoms with Crippen molar-refractivity contribution in [1.82, 2.24) is 9.88 Å². The third kappa shape index (κ3) is 4.91. The highest BCUT2D eigenvalue weighted by molar-refractivity contribution is 5.98. The lowest BCUT2D eigenvalue weighted by atomic mass is 10.0. The van der Waals surface area contributed by atoms with E-state index in [1.165, 1.54) is 6.92 Å². The summed E-state index contributed by atoms with van der Waals surface area (Å²) in [6.07, 6.45) is 0. The highest BCUT2D eigenvalue weighted by Gasteiger charge is 2.21. The third-order valence-corrected chi connectivity index (χ3v) is 5.64. The van der Waals surface area contributed by atoms with E-state index in [9.17, 15) is 14.4 Å². The molecule has 0 aliphatic rings. The number of aromatic nitrogens is 1. The maximum atomic E-state index is 13.2. The first kappa shape index (κ1) is 22.2. The molecule has 4 rings (SSSR count). The Balaban J connectivity index is 1.61. The number of carbonyl (C=O) groups excluding carboxylic acids is 2. The van der Waals surface area contributed by atoms with E-state index in [0.717, 1.165) is 16.5 Å². The smallest absolute Gasteiger partial charge is 0.255 e. The van der Waals surface area contributed by atoms with Crippen LogP contribution in [-0.2, 0) is 18.4 Å². The van der Waals surface area contributed by atoms with Crippen molar-refractivity contribution in [2.24, 2.45) is 7.05 Å². The number of pyridine rings is 1. The molecule has 2 N–H and O–H groups in total. The summed E-state index contributed by atoms with van der Waals surface area (Å²) in [5, 5.41) is 7.10. The summed E-state index contributed by atoms with van der Waals surface area (Å²) in [6.45, 7) is 1.71. The molecule has 0 fully saturated rings. The molecule has 6 nitrogen and oxygen atoms in total. The van der Waals surface area contributed by atoms with E-state index >= 15 is 0 Å². The van der Waals surface area contributed by atoms with Crippen LogP contribution in [0.5, 0.6) is 0 Å². The van der Waals surface area contributed by atoms with Gasteiger partial charge in [0.2, 0.25) is 5.91 Å². The molecular formula is C27H25N3O3. The van der Waals surface area contributed by atoms with Gasteiger partial charge in [0.25, 0.3) is 5.56 Å². The molecule has 0 aliphatic carbocycles. The number of amides is 1.